The molecule has 66 valence electrons. The molecule has 0 aliphatic carbocycles. The first-order chi connectivity index (χ1) is 6.40. The summed E-state index contributed by atoms with van der Waals surface area (Å²) in [6, 6.07) is 3.82. The van der Waals surface area contributed by atoms with Crippen LogP contribution in [0.2, 0.25) is 0 Å². The van der Waals surface area contributed by atoms with Crippen molar-refractivity contribution in [2.45, 2.75) is 13.3 Å². The zero-order valence-electron chi connectivity index (χ0n) is 7.38. The Labute approximate surface area is 76.2 Å². The van der Waals surface area contributed by atoms with E-state index in [0.717, 1.165) is 17.8 Å². The fourth-order valence-electron chi connectivity index (χ4n) is 1.08. The predicted molar refractivity (Wildman–Crippen MR) is 48.5 cm³/mol. The van der Waals surface area contributed by atoms with Gasteiger partial charge < -0.3 is 0 Å². The lowest BCUT2D eigenvalue weighted by atomic mass is 10.4. The van der Waals surface area contributed by atoms with E-state index >= 15 is 0 Å². The van der Waals surface area contributed by atoms with Crippen molar-refractivity contribution in [2.75, 3.05) is 0 Å². The zero-order chi connectivity index (χ0) is 9.10. The number of pyridine rings is 1. The van der Waals surface area contributed by atoms with Gasteiger partial charge in [-0.1, -0.05) is 12.1 Å². The van der Waals surface area contributed by atoms with Gasteiger partial charge in [-0.2, -0.15) is 0 Å². The number of hydrogen-bond acceptors (Lipinski definition) is 3. The molecule has 0 aliphatic heterocycles. The molecule has 13 heavy (non-hydrogen) atoms. The van der Waals surface area contributed by atoms with Gasteiger partial charge in [-0.3, -0.25) is 4.98 Å². The van der Waals surface area contributed by atoms with Crippen LogP contribution < -0.4 is 0 Å². The van der Waals surface area contributed by atoms with Gasteiger partial charge in [-0.15, -0.1) is 5.10 Å². The van der Waals surface area contributed by atoms with Gasteiger partial charge >= 0.3 is 0 Å². The van der Waals surface area contributed by atoms with Gasteiger partial charge in [0, 0.05) is 6.20 Å². The Balaban J connectivity index is 2.36. The highest BCUT2D eigenvalue weighted by atomic mass is 15.4. The van der Waals surface area contributed by atoms with Gasteiger partial charge in [0.15, 0.2) is 0 Å². The second-order valence-electron chi connectivity index (χ2n) is 2.72. The molecule has 0 fully saturated rings. The lowest BCUT2D eigenvalue weighted by Crippen LogP contribution is -1.94. The van der Waals surface area contributed by atoms with Crippen molar-refractivity contribution in [3.8, 4) is 5.69 Å². The second-order valence-corrected chi connectivity index (χ2v) is 2.72. The quantitative estimate of drug-likeness (QED) is 0.687. The van der Waals surface area contributed by atoms with E-state index in [1.165, 1.54) is 0 Å². The molecular weight excluding hydrogens is 164 g/mol. The van der Waals surface area contributed by atoms with Crippen molar-refractivity contribution in [1.29, 1.82) is 0 Å². The summed E-state index contributed by atoms with van der Waals surface area (Å²) in [5.41, 5.74) is 1.93. The number of rotatable bonds is 2. The Morgan fingerprint density at radius 1 is 1.46 bits per heavy atom. The van der Waals surface area contributed by atoms with Crippen LogP contribution in [0.3, 0.4) is 0 Å². The minimum absolute atomic E-state index is 0.903. The maximum absolute atomic E-state index is 4.01. The van der Waals surface area contributed by atoms with E-state index in [1.54, 1.807) is 17.1 Å². The fraction of sp³-hybridized carbons (Fsp3) is 0.222. The SMILES string of the molecule is CCc1cn(-c2cccnc2)nn1. The predicted octanol–water partition coefficient (Wildman–Crippen LogP) is 1.22. The largest absolute Gasteiger partial charge is 0.262 e. The molecule has 0 amide bonds. The highest BCUT2D eigenvalue weighted by Gasteiger charge is 1.99. The molecule has 0 atom stereocenters. The van der Waals surface area contributed by atoms with Gasteiger partial charge in [0.05, 0.1) is 23.8 Å². The smallest absolute Gasteiger partial charge is 0.0846 e. The summed E-state index contributed by atoms with van der Waals surface area (Å²) in [4.78, 5) is 4.01. The van der Waals surface area contributed by atoms with Gasteiger partial charge in [-0.25, -0.2) is 4.68 Å². The van der Waals surface area contributed by atoms with Gasteiger partial charge in [0.25, 0.3) is 0 Å². The van der Waals surface area contributed by atoms with Crippen LogP contribution in [0.15, 0.2) is 30.7 Å². The Morgan fingerprint density at radius 3 is 3.00 bits per heavy atom. The number of nitrogens with zero attached hydrogens (tertiary/aromatic N) is 4. The molecule has 0 aliphatic rings. The molecule has 2 aromatic rings. The lowest BCUT2D eigenvalue weighted by molar-refractivity contribution is 0.794. The van der Waals surface area contributed by atoms with Crippen LogP contribution in [0.5, 0.6) is 0 Å². The lowest BCUT2D eigenvalue weighted by Gasteiger charge is -1.95. The summed E-state index contributed by atoms with van der Waals surface area (Å²) in [5.74, 6) is 0. The average Bonchev–Trinajstić information content (AvgIpc) is 2.67. The Morgan fingerprint density at radius 2 is 2.38 bits per heavy atom. The monoisotopic (exact) mass is 174 g/mol. The summed E-state index contributed by atoms with van der Waals surface area (Å²) in [6.07, 6.45) is 6.31. The molecule has 0 radical (unpaired) electrons. The molecule has 0 saturated carbocycles. The van der Waals surface area contributed by atoms with E-state index in [9.17, 15) is 0 Å². The molecule has 0 bridgehead atoms. The standard InChI is InChI=1S/C9H10N4/c1-2-8-7-13(12-11-8)9-4-3-5-10-6-9/h3-7H,2H2,1H3. The second kappa shape index (κ2) is 3.35. The molecule has 0 saturated heterocycles. The van der Waals surface area contributed by atoms with Crippen LogP contribution in [-0.2, 0) is 6.42 Å². The van der Waals surface area contributed by atoms with Crippen molar-refractivity contribution in [3.05, 3.63) is 36.4 Å². The maximum Gasteiger partial charge on any atom is 0.0846 e. The van der Waals surface area contributed by atoms with Crippen LogP contribution in [0, 0.1) is 0 Å². The van der Waals surface area contributed by atoms with Gasteiger partial charge in [0.2, 0.25) is 0 Å². The Bertz CT molecular complexity index is 380. The molecule has 2 rings (SSSR count). The van der Waals surface area contributed by atoms with Gasteiger partial charge in [-0.05, 0) is 18.6 Å². The minimum atomic E-state index is 0.903. The van der Waals surface area contributed by atoms with E-state index in [1.807, 2.05) is 18.3 Å². The maximum atomic E-state index is 4.01. The summed E-state index contributed by atoms with van der Waals surface area (Å²) in [6.45, 7) is 2.05. The van der Waals surface area contributed by atoms with Crippen LogP contribution in [0.1, 0.15) is 12.6 Å². The number of hydrogen-bond donors (Lipinski definition) is 0. The van der Waals surface area contributed by atoms with E-state index in [-0.39, 0.29) is 0 Å². The minimum Gasteiger partial charge on any atom is -0.262 e. The van der Waals surface area contributed by atoms with Crippen LogP contribution in [0.25, 0.3) is 5.69 Å². The first-order valence-electron chi connectivity index (χ1n) is 4.22. The third-order valence-electron chi connectivity index (χ3n) is 1.81. The zero-order valence-corrected chi connectivity index (χ0v) is 7.38. The molecule has 0 spiro atoms. The fourth-order valence-corrected chi connectivity index (χ4v) is 1.08. The number of aromatic nitrogens is 4. The highest BCUT2D eigenvalue weighted by molar-refractivity contribution is 5.25. The normalized spacial score (nSPS) is 10.2. The summed E-state index contributed by atoms with van der Waals surface area (Å²) in [7, 11) is 0. The first-order valence-corrected chi connectivity index (χ1v) is 4.22. The molecule has 2 heterocycles. The van der Waals surface area contributed by atoms with Crippen LogP contribution >= 0.6 is 0 Å². The van der Waals surface area contributed by atoms with Gasteiger partial charge in [0.1, 0.15) is 0 Å². The van der Waals surface area contributed by atoms with E-state index in [0.29, 0.717) is 0 Å². The molecule has 4 nitrogen and oxygen atoms in total. The van der Waals surface area contributed by atoms with Crippen molar-refractivity contribution in [3.63, 3.8) is 0 Å². The van der Waals surface area contributed by atoms with E-state index < -0.39 is 0 Å². The van der Waals surface area contributed by atoms with E-state index in [4.69, 9.17) is 0 Å². The van der Waals surface area contributed by atoms with Crippen molar-refractivity contribution >= 4 is 0 Å². The molecule has 2 aromatic heterocycles. The van der Waals surface area contributed by atoms with Crippen molar-refractivity contribution < 1.29 is 0 Å². The van der Waals surface area contributed by atoms with E-state index in [2.05, 4.69) is 22.2 Å². The Kier molecular flexibility index (Phi) is 2.04. The molecule has 0 N–H and O–H groups in total. The molecule has 0 unspecified atom stereocenters. The van der Waals surface area contributed by atoms with Crippen molar-refractivity contribution in [2.24, 2.45) is 0 Å². The van der Waals surface area contributed by atoms with Crippen LogP contribution in [-0.4, -0.2) is 20.0 Å². The molecule has 4 heteroatoms. The topological polar surface area (TPSA) is 43.6 Å². The molecular formula is C9H10N4. The first kappa shape index (κ1) is 7.91. The summed E-state index contributed by atoms with van der Waals surface area (Å²) < 4.78 is 1.73. The number of aryl methyl sites for hydroxylation is 1. The summed E-state index contributed by atoms with van der Waals surface area (Å²) in [5, 5.41) is 7.98. The summed E-state index contributed by atoms with van der Waals surface area (Å²) >= 11 is 0. The highest BCUT2D eigenvalue weighted by Crippen LogP contribution is 2.03. The Hall–Kier alpha value is -1.71. The van der Waals surface area contributed by atoms with Crippen molar-refractivity contribution in [1.82, 2.24) is 20.0 Å². The third kappa shape index (κ3) is 1.56. The molecule has 0 aromatic carbocycles. The third-order valence-corrected chi connectivity index (χ3v) is 1.81. The average molecular weight is 174 g/mol. The van der Waals surface area contributed by atoms with Crippen LogP contribution in [0.4, 0.5) is 0 Å².